The Balaban J connectivity index is 1.26. The Morgan fingerprint density at radius 2 is 1.78 bits per heavy atom. The van der Waals surface area contributed by atoms with Gasteiger partial charge < -0.3 is 14.7 Å². The number of hydrogen-bond acceptors (Lipinski definition) is 8. The van der Waals surface area contributed by atoms with E-state index in [1.165, 1.54) is 18.4 Å². The summed E-state index contributed by atoms with van der Waals surface area (Å²) in [7, 11) is 0. The maximum absolute atomic E-state index is 13.6. The van der Waals surface area contributed by atoms with E-state index in [-0.39, 0.29) is 5.56 Å². The molecular weight excluding hydrogens is 538 g/mol. The topological polar surface area (TPSA) is 102 Å². The summed E-state index contributed by atoms with van der Waals surface area (Å²) in [6.07, 6.45) is 4.12. The quantitative estimate of drug-likeness (QED) is 0.239. The summed E-state index contributed by atoms with van der Waals surface area (Å²) in [4.78, 5) is 29.6. The summed E-state index contributed by atoms with van der Waals surface area (Å²) in [6, 6.07) is 15.7. The van der Waals surface area contributed by atoms with Gasteiger partial charge in [-0.25, -0.2) is 4.98 Å². The highest BCUT2D eigenvalue weighted by Crippen LogP contribution is 2.32. The number of anilines is 2. The first-order valence-corrected chi connectivity index (χ1v) is 14.4. The predicted octanol–water partition coefficient (Wildman–Crippen LogP) is 6.43. The van der Waals surface area contributed by atoms with Crippen LogP contribution in [0.4, 0.5) is 11.6 Å². The Labute approximate surface area is 243 Å². The molecule has 0 amide bonds. The standard InChI is InChI=1S/C31H32ClN7O2/c1-4-38-14-12-21(13-15-38)20-6-9-24(10-7-20)35-31-33-18-23-16-26(30(40)39(5-2)29(23)36-31)25-11-8-22(17-27(25)32)28-34-19(3)41-37-28/h6-11,16-18,21H,4-5,12-15H2,1-3H3,(H,33,35,36). The highest BCUT2D eigenvalue weighted by molar-refractivity contribution is 6.33. The van der Waals surface area contributed by atoms with E-state index in [0.29, 0.717) is 57.5 Å². The van der Waals surface area contributed by atoms with Gasteiger partial charge in [0.05, 0.1) is 0 Å². The number of halogens is 1. The van der Waals surface area contributed by atoms with E-state index >= 15 is 0 Å². The lowest BCUT2D eigenvalue weighted by Crippen LogP contribution is -2.32. The summed E-state index contributed by atoms with van der Waals surface area (Å²) in [5.74, 6) is 1.95. The van der Waals surface area contributed by atoms with Gasteiger partial charge >= 0.3 is 0 Å². The SMILES string of the molecule is CCN1CCC(c2ccc(Nc3ncc4cc(-c5ccc(-c6noc(C)n6)cc5Cl)c(=O)n(CC)c4n3)cc2)CC1. The molecule has 210 valence electrons. The van der Waals surface area contributed by atoms with Gasteiger partial charge in [0, 0.05) is 52.5 Å². The highest BCUT2D eigenvalue weighted by atomic mass is 35.5. The molecule has 9 nitrogen and oxygen atoms in total. The summed E-state index contributed by atoms with van der Waals surface area (Å²) >= 11 is 6.65. The van der Waals surface area contributed by atoms with Crippen molar-refractivity contribution in [1.29, 1.82) is 0 Å². The molecule has 4 heterocycles. The van der Waals surface area contributed by atoms with Crippen molar-refractivity contribution in [3.05, 3.63) is 81.6 Å². The third-order valence-corrected chi connectivity index (χ3v) is 8.17. The van der Waals surface area contributed by atoms with Gasteiger partial charge in [-0.05, 0) is 75.1 Å². The minimum atomic E-state index is -0.173. The summed E-state index contributed by atoms with van der Waals surface area (Å²) < 4.78 is 6.73. The van der Waals surface area contributed by atoms with Crippen LogP contribution in [0.3, 0.4) is 0 Å². The highest BCUT2D eigenvalue weighted by Gasteiger charge is 2.20. The van der Waals surface area contributed by atoms with Crippen molar-refractivity contribution in [2.24, 2.45) is 0 Å². The molecule has 1 aliphatic rings. The molecule has 1 N–H and O–H groups in total. The van der Waals surface area contributed by atoms with Crippen LogP contribution < -0.4 is 10.9 Å². The van der Waals surface area contributed by atoms with Crippen molar-refractivity contribution in [3.63, 3.8) is 0 Å². The van der Waals surface area contributed by atoms with Gasteiger partial charge in [0.2, 0.25) is 17.7 Å². The van der Waals surface area contributed by atoms with Crippen LogP contribution in [0.2, 0.25) is 5.02 Å². The molecule has 1 fully saturated rings. The van der Waals surface area contributed by atoms with Crippen molar-refractivity contribution >= 4 is 34.3 Å². The van der Waals surface area contributed by atoms with Crippen molar-refractivity contribution in [3.8, 4) is 22.5 Å². The maximum Gasteiger partial charge on any atom is 0.260 e. The third-order valence-electron chi connectivity index (χ3n) is 7.86. The van der Waals surface area contributed by atoms with E-state index in [4.69, 9.17) is 21.1 Å². The summed E-state index contributed by atoms with van der Waals surface area (Å²) in [6.45, 7) is 9.76. The molecule has 5 aromatic rings. The lowest BCUT2D eigenvalue weighted by atomic mass is 9.89. The molecule has 41 heavy (non-hydrogen) atoms. The number of benzene rings is 2. The van der Waals surface area contributed by atoms with Crippen LogP contribution in [0.25, 0.3) is 33.5 Å². The van der Waals surface area contributed by atoms with Gasteiger partial charge in [0.25, 0.3) is 5.56 Å². The number of fused-ring (bicyclic) bond motifs is 1. The molecule has 1 saturated heterocycles. The minimum Gasteiger partial charge on any atom is -0.339 e. The van der Waals surface area contributed by atoms with Crippen LogP contribution >= 0.6 is 11.6 Å². The van der Waals surface area contributed by atoms with Gasteiger partial charge in [0.1, 0.15) is 5.65 Å². The van der Waals surface area contributed by atoms with Crippen molar-refractivity contribution < 1.29 is 4.52 Å². The summed E-state index contributed by atoms with van der Waals surface area (Å²) in [5.41, 5.74) is 4.47. The van der Waals surface area contributed by atoms with Gasteiger partial charge in [-0.1, -0.05) is 47.9 Å². The van der Waals surface area contributed by atoms with Crippen molar-refractivity contribution in [2.45, 2.75) is 46.1 Å². The molecule has 0 spiro atoms. The average Bonchev–Trinajstić information content (AvgIpc) is 3.44. The first-order valence-electron chi connectivity index (χ1n) is 14.0. The number of piperidine rings is 1. The van der Waals surface area contributed by atoms with Crippen LogP contribution in [-0.2, 0) is 6.54 Å². The van der Waals surface area contributed by atoms with Crippen LogP contribution in [0, 0.1) is 6.92 Å². The van der Waals surface area contributed by atoms with E-state index in [1.54, 1.807) is 35.9 Å². The lowest BCUT2D eigenvalue weighted by Gasteiger charge is -2.31. The number of nitrogens with zero attached hydrogens (tertiary/aromatic N) is 6. The van der Waals surface area contributed by atoms with Crippen LogP contribution in [0.15, 0.2) is 64.0 Å². The molecule has 0 bridgehead atoms. The fourth-order valence-corrected chi connectivity index (χ4v) is 5.83. The zero-order valence-electron chi connectivity index (χ0n) is 23.4. The smallest absolute Gasteiger partial charge is 0.260 e. The second-order valence-electron chi connectivity index (χ2n) is 10.4. The van der Waals surface area contributed by atoms with Crippen LogP contribution in [0.5, 0.6) is 0 Å². The molecule has 1 aliphatic heterocycles. The zero-order chi connectivity index (χ0) is 28.5. The molecule has 0 aliphatic carbocycles. The largest absolute Gasteiger partial charge is 0.339 e. The second-order valence-corrected chi connectivity index (χ2v) is 10.8. The molecule has 0 radical (unpaired) electrons. The Morgan fingerprint density at radius 1 is 1.00 bits per heavy atom. The number of aryl methyl sites for hydroxylation is 2. The Kier molecular flexibility index (Phi) is 7.55. The number of rotatable bonds is 7. The number of nitrogens with one attached hydrogen (secondary N) is 1. The number of hydrogen-bond donors (Lipinski definition) is 1. The van der Waals surface area contributed by atoms with Gasteiger partial charge in [-0.3, -0.25) is 9.36 Å². The second kappa shape index (κ2) is 11.4. The monoisotopic (exact) mass is 569 g/mol. The van der Waals surface area contributed by atoms with Crippen molar-refractivity contribution in [1.82, 2.24) is 29.6 Å². The normalized spacial score (nSPS) is 14.5. The molecule has 3 aromatic heterocycles. The molecule has 2 aromatic carbocycles. The molecule has 10 heteroatoms. The molecule has 0 saturated carbocycles. The number of likely N-dealkylation sites (tertiary alicyclic amines) is 1. The number of aromatic nitrogens is 5. The molecule has 0 unspecified atom stereocenters. The maximum atomic E-state index is 13.6. The van der Waals surface area contributed by atoms with E-state index in [0.717, 1.165) is 30.7 Å². The molecular formula is C31H32ClN7O2. The van der Waals surface area contributed by atoms with Crippen LogP contribution in [-0.4, -0.2) is 49.2 Å². The Morgan fingerprint density at radius 3 is 2.44 bits per heavy atom. The summed E-state index contributed by atoms with van der Waals surface area (Å²) in [5, 5.41) is 8.42. The van der Waals surface area contributed by atoms with E-state index in [2.05, 4.69) is 56.5 Å². The fraction of sp³-hybridized carbons (Fsp3) is 0.323. The fourth-order valence-electron chi connectivity index (χ4n) is 5.54. The van der Waals surface area contributed by atoms with Gasteiger partial charge in [0.15, 0.2) is 0 Å². The third kappa shape index (κ3) is 5.47. The predicted molar refractivity (Wildman–Crippen MR) is 162 cm³/mol. The van der Waals surface area contributed by atoms with Gasteiger partial charge in [-0.2, -0.15) is 9.97 Å². The first kappa shape index (κ1) is 27.1. The van der Waals surface area contributed by atoms with E-state index in [1.807, 2.05) is 13.0 Å². The zero-order valence-corrected chi connectivity index (χ0v) is 24.1. The van der Waals surface area contributed by atoms with E-state index < -0.39 is 0 Å². The van der Waals surface area contributed by atoms with Gasteiger partial charge in [-0.15, -0.1) is 0 Å². The average molecular weight is 570 g/mol. The lowest BCUT2D eigenvalue weighted by molar-refractivity contribution is 0.222. The molecule has 0 atom stereocenters. The van der Waals surface area contributed by atoms with Crippen LogP contribution in [0.1, 0.15) is 44.1 Å². The Bertz CT molecular complexity index is 1760. The van der Waals surface area contributed by atoms with E-state index in [9.17, 15) is 4.79 Å². The number of pyridine rings is 1. The first-order chi connectivity index (χ1) is 19.9. The minimum absolute atomic E-state index is 0.173. The van der Waals surface area contributed by atoms with Crippen molar-refractivity contribution in [2.75, 3.05) is 25.0 Å². The molecule has 6 rings (SSSR count). The Hall–Kier alpha value is -4.08.